The predicted octanol–water partition coefficient (Wildman–Crippen LogP) is 4.88. The van der Waals surface area contributed by atoms with Crippen LogP contribution in [-0.2, 0) is 16.2 Å². The topological polar surface area (TPSA) is 86.2 Å². The summed E-state index contributed by atoms with van der Waals surface area (Å²) in [6.45, 7) is 1.73. The first-order valence-corrected chi connectivity index (χ1v) is 9.89. The van der Waals surface area contributed by atoms with Crippen molar-refractivity contribution < 1.29 is 30.5 Å². The highest BCUT2D eigenvalue weighted by atomic mass is 79.9. The lowest BCUT2D eigenvalue weighted by atomic mass is 9.98. The van der Waals surface area contributed by atoms with E-state index in [0.717, 1.165) is 22.2 Å². The number of aromatic nitrogens is 1. The number of rotatable bonds is 3. The molecule has 0 bridgehead atoms. The molecule has 2 aromatic carbocycles. The van der Waals surface area contributed by atoms with Crippen LogP contribution in [0.25, 0.3) is 22.4 Å². The molecule has 0 aliphatic heterocycles. The van der Waals surface area contributed by atoms with E-state index in [2.05, 4.69) is 25.6 Å². The first kappa shape index (κ1) is 20.5. The van der Waals surface area contributed by atoms with Crippen LogP contribution in [0.1, 0.15) is 11.3 Å². The molecule has 3 rings (SSSR count). The zero-order valence-electron chi connectivity index (χ0n) is 14.0. The van der Waals surface area contributed by atoms with E-state index in [0.29, 0.717) is 11.6 Å². The van der Waals surface area contributed by atoms with Crippen molar-refractivity contribution >= 4 is 26.0 Å². The van der Waals surface area contributed by atoms with Gasteiger partial charge in [0.15, 0.2) is 0 Å². The van der Waals surface area contributed by atoms with Crippen LogP contribution < -0.4 is 5.14 Å². The molecule has 0 spiro atoms. The monoisotopic (exact) mass is 478 g/mol. The summed E-state index contributed by atoms with van der Waals surface area (Å²) in [7, 11) is -4.37. The summed E-state index contributed by atoms with van der Waals surface area (Å²) in [5, 5.41) is 8.42. The summed E-state index contributed by atoms with van der Waals surface area (Å²) in [6, 6.07) is 7.19. The van der Waals surface area contributed by atoms with Gasteiger partial charge in [-0.05, 0) is 42.3 Å². The van der Waals surface area contributed by atoms with E-state index < -0.39 is 38.2 Å². The second-order valence-electron chi connectivity index (χ2n) is 5.89. The fourth-order valence-electron chi connectivity index (χ4n) is 2.63. The van der Waals surface area contributed by atoms with Gasteiger partial charge in [-0.2, -0.15) is 13.2 Å². The van der Waals surface area contributed by atoms with Crippen LogP contribution in [0.2, 0.25) is 0 Å². The van der Waals surface area contributed by atoms with Gasteiger partial charge in [0, 0.05) is 10.0 Å². The summed E-state index contributed by atoms with van der Waals surface area (Å²) in [4.78, 5) is -0.831. The molecule has 0 radical (unpaired) electrons. The highest BCUT2D eigenvalue weighted by Gasteiger charge is 2.41. The lowest BCUT2D eigenvalue weighted by Gasteiger charge is -2.09. The molecule has 5 nitrogen and oxygen atoms in total. The van der Waals surface area contributed by atoms with Crippen molar-refractivity contribution in [3.63, 3.8) is 0 Å². The van der Waals surface area contributed by atoms with Gasteiger partial charge in [-0.25, -0.2) is 17.9 Å². The molecule has 0 fully saturated rings. The highest BCUT2D eigenvalue weighted by molar-refractivity contribution is 9.10. The molecule has 0 atom stereocenters. The maximum absolute atomic E-state index is 14.2. The molecule has 1 heterocycles. The fraction of sp³-hybridized carbons (Fsp3) is 0.118. The third kappa shape index (κ3) is 3.82. The largest absolute Gasteiger partial charge is 0.453 e. The minimum atomic E-state index is -4.90. The quantitative estimate of drug-likeness (QED) is 0.543. The van der Waals surface area contributed by atoms with Gasteiger partial charge in [-0.3, -0.25) is 0 Å². The van der Waals surface area contributed by atoms with E-state index >= 15 is 0 Å². The third-order valence-electron chi connectivity index (χ3n) is 3.91. The number of primary sulfonamides is 1. The highest BCUT2D eigenvalue weighted by Crippen LogP contribution is 2.43. The number of sulfonamides is 1. The summed E-state index contributed by atoms with van der Waals surface area (Å²) < 4.78 is 82.5. The van der Waals surface area contributed by atoms with Gasteiger partial charge in [0.1, 0.15) is 16.4 Å². The SMILES string of the molecule is Cc1cc(-c2noc(C(F)(F)F)c2-c2ccc(S(N)(=O)=O)c(F)c2)ccc1Br. The lowest BCUT2D eigenvalue weighted by Crippen LogP contribution is -2.14. The molecule has 0 saturated heterocycles. The van der Waals surface area contributed by atoms with Crippen molar-refractivity contribution in [2.75, 3.05) is 0 Å². The van der Waals surface area contributed by atoms with Crippen LogP contribution >= 0.6 is 15.9 Å². The Kier molecular flexibility index (Phi) is 5.11. The van der Waals surface area contributed by atoms with E-state index in [4.69, 9.17) is 5.14 Å². The fourth-order valence-corrected chi connectivity index (χ4v) is 3.46. The van der Waals surface area contributed by atoms with Crippen molar-refractivity contribution in [3.8, 4) is 22.4 Å². The standard InChI is InChI=1S/C17H11BrF4N2O3S/c1-8-6-10(2-4-11(8)18)15-14(16(27-24-15)17(20,21)22)9-3-5-13(12(19)7-9)28(23,25)26/h2-7H,1H3,(H2,23,25,26). The van der Waals surface area contributed by atoms with E-state index in [1.165, 1.54) is 6.07 Å². The van der Waals surface area contributed by atoms with Crippen LogP contribution in [0, 0.1) is 12.7 Å². The number of hydrogen-bond acceptors (Lipinski definition) is 4. The minimum absolute atomic E-state index is 0.161. The van der Waals surface area contributed by atoms with Gasteiger partial charge in [-0.15, -0.1) is 0 Å². The molecule has 0 unspecified atom stereocenters. The number of aryl methyl sites for hydroxylation is 1. The number of halogens is 5. The van der Waals surface area contributed by atoms with Crippen molar-refractivity contribution in [2.45, 2.75) is 18.0 Å². The molecule has 2 N–H and O–H groups in total. The molecule has 0 saturated carbocycles. The van der Waals surface area contributed by atoms with Crippen molar-refractivity contribution in [1.29, 1.82) is 0 Å². The van der Waals surface area contributed by atoms with E-state index in [1.807, 2.05) is 0 Å². The maximum Gasteiger partial charge on any atom is 0.453 e. The molecular weight excluding hydrogens is 468 g/mol. The van der Waals surface area contributed by atoms with Gasteiger partial charge >= 0.3 is 6.18 Å². The Morgan fingerprint density at radius 2 is 1.75 bits per heavy atom. The Morgan fingerprint density at radius 1 is 1.11 bits per heavy atom. The Morgan fingerprint density at radius 3 is 2.29 bits per heavy atom. The normalized spacial score (nSPS) is 12.4. The average molecular weight is 479 g/mol. The third-order valence-corrected chi connectivity index (χ3v) is 5.74. The van der Waals surface area contributed by atoms with Crippen molar-refractivity contribution in [1.82, 2.24) is 5.16 Å². The van der Waals surface area contributed by atoms with E-state index in [1.54, 1.807) is 19.1 Å². The average Bonchev–Trinajstić information content (AvgIpc) is 3.01. The Balaban J connectivity index is 2.28. The van der Waals surface area contributed by atoms with Crippen molar-refractivity contribution in [3.05, 3.63) is 58.0 Å². The first-order chi connectivity index (χ1) is 12.9. The van der Waals surface area contributed by atoms with E-state index in [-0.39, 0.29) is 11.3 Å². The number of nitrogens with zero attached hydrogens (tertiary/aromatic N) is 1. The van der Waals surface area contributed by atoms with Crippen LogP contribution in [0.5, 0.6) is 0 Å². The number of nitrogens with two attached hydrogens (primary N) is 1. The van der Waals surface area contributed by atoms with Gasteiger partial charge in [0.2, 0.25) is 15.8 Å². The molecule has 0 aliphatic rings. The molecule has 0 aliphatic carbocycles. The zero-order valence-corrected chi connectivity index (χ0v) is 16.4. The number of alkyl halides is 3. The smallest absolute Gasteiger partial charge is 0.350 e. The summed E-state index contributed by atoms with van der Waals surface area (Å²) >= 11 is 3.30. The molecule has 28 heavy (non-hydrogen) atoms. The second-order valence-corrected chi connectivity index (χ2v) is 8.27. The molecule has 148 valence electrons. The van der Waals surface area contributed by atoms with Gasteiger partial charge in [0.05, 0.1) is 5.56 Å². The van der Waals surface area contributed by atoms with Crippen molar-refractivity contribution in [2.24, 2.45) is 5.14 Å². The molecule has 11 heteroatoms. The second kappa shape index (κ2) is 6.98. The molecule has 3 aromatic rings. The number of hydrogen-bond donors (Lipinski definition) is 1. The van der Waals surface area contributed by atoms with Gasteiger partial charge in [-0.1, -0.05) is 33.2 Å². The van der Waals surface area contributed by atoms with Crippen LogP contribution in [0.3, 0.4) is 0 Å². The van der Waals surface area contributed by atoms with E-state index in [9.17, 15) is 26.0 Å². The molecule has 0 amide bonds. The first-order valence-electron chi connectivity index (χ1n) is 7.55. The lowest BCUT2D eigenvalue weighted by molar-refractivity contribution is -0.154. The Hall–Kier alpha value is -2.24. The van der Waals surface area contributed by atoms with Gasteiger partial charge < -0.3 is 4.52 Å². The van der Waals surface area contributed by atoms with Crippen LogP contribution in [-0.4, -0.2) is 13.6 Å². The summed E-state index contributed by atoms with van der Waals surface area (Å²) in [6.07, 6.45) is -4.90. The summed E-state index contributed by atoms with van der Waals surface area (Å²) in [5.74, 6) is -2.71. The summed E-state index contributed by atoms with van der Waals surface area (Å²) in [5.41, 5.74) is 0.121. The molecule has 1 aromatic heterocycles. The minimum Gasteiger partial charge on any atom is -0.350 e. The predicted molar refractivity (Wildman–Crippen MR) is 96.1 cm³/mol. The molecular formula is C17H11BrF4N2O3S. The Bertz CT molecular complexity index is 1170. The Labute approximate surface area is 165 Å². The van der Waals surface area contributed by atoms with Crippen LogP contribution in [0.15, 0.2) is 50.3 Å². The zero-order chi connectivity index (χ0) is 20.9. The van der Waals surface area contributed by atoms with Crippen LogP contribution in [0.4, 0.5) is 17.6 Å². The van der Waals surface area contributed by atoms with Gasteiger partial charge in [0.25, 0.3) is 0 Å². The maximum atomic E-state index is 14.2. The number of benzene rings is 2.